The van der Waals surface area contributed by atoms with Crippen LogP contribution >= 0.6 is 0 Å². The van der Waals surface area contributed by atoms with Gasteiger partial charge in [0.05, 0.1) is 14.2 Å². The Balaban J connectivity index is 2.63. The fourth-order valence-corrected chi connectivity index (χ4v) is 2.00. The van der Waals surface area contributed by atoms with E-state index in [1.165, 1.54) is 25.7 Å². The molecule has 0 heterocycles. The van der Waals surface area contributed by atoms with Crippen LogP contribution < -0.4 is 15.2 Å². The van der Waals surface area contributed by atoms with Crippen molar-refractivity contribution in [2.75, 3.05) is 14.2 Å². The summed E-state index contributed by atoms with van der Waals surface area (Å²) in [5.74, 6) is 1.60. The first kappa shape index (κ1) is 14.8. The molecule has 1 unspecified atom stereocenters. The molecule has 1 aromatic rings. The number of rotatable bonds is 8. The largest absolute Gasteiger partial charge is 0.497 e. The average molecular weight is 251 g/mol. The van der Waals surface area contributed by atoms with Crippen LogP contribution in [-0.4, -0.2) is 14.2 Å². The SMILES string of the molecule is CCCCCCC(N)c1cc(OC)cc(OC)c1. The van der Waals surface area contributed by atoms with E-state index in [1.807, 2.05) is 18.2 Å². The molecule has 3 heteroatoms. The second-order valence-corrected chi connectivity index (χ2v) is 4.60. The van der Waals surface area contributed by atoms with Gasteiger partial charge in [-0.15, -0.1) is 0 Å². The highest BCUT2D eigenvalue weighted by Crippen LogP contribution is 2.27. The van der Waals surface area contributed by atoms with E-state index in [2.05, 4.69) is 6.92 Å². The first-order chi connectivity index (χ1) is 8.71. The van der Waals surface area contributed by atoms with E-state index in [9.17, 15) is 0 Å². The Bertz CT molecular complexity index is 330. The fraction of sp³-hybridized carbons (Fsp3) is 0.600. The third-order valence-electron chi connectivity index (χ3n) is 3.17. The van der Waals surface area contributed by atoms with E-state index < -0.39 is 0 Å². The highest BCUT2D eigenvalue weighted by Gasteiger charge is 2.09. The Kier molecular flexibility index (Phi) is 6.58. The molecule has 18 heavy (non-hydrogen) atoms. The zero-order valence-corrected chi connectivity index (χ0v) is 11.7. The van der Waals surface area contributed by atoms with Crippen LogP contribution in [0.1, 0.15) is 50.6 Å². The van der Waals surface area contributed by atoms with Crippen LogP contribution in [0.4, 0.5) is 0 Å². The molecule has 2 N–H and O–H groups in total. The highest BCUT2D eigenvalue weighted by molar-refractivity contribution is 5.39. The van der Waals surface area contributed by atoms with Gasteiger partial charge in [0.1, 0.15) is 11.5 Å². The molecule has 0 spiro atoms. The minimum absolute atomic E-state index is 0.0610. The summed E-state index contributed by atoms with van der Waals surface area (Å²) in [5, 5.41) is 0. The van der Waals surface area contributed by atoms with Gasteiger partial charge in [-0.1, -0.05) is 32.6 Å². The van der Waals surface area contributed by atoms with Gasteiger partial charge in [0, 0.05) is 12.1 Å². The Morgan fingerprint density at radius 2 is 1.61 bits per heavy atom. The minimum atomic E-state index is 0.0610. The van der Waals surface area contributed by atoms with E-state index in [-0.39, 0.29) is 6.04 Å². The summed E-state index contributed by atoms with van der Waals surface area (Å²) in [4.78, 5) is 0. The Labute approximate surface area is 110 Å². The first-order valence-corrected chi connectivity index (χ1v) is 6.69. The summed E-state index contributed by atoms with van der Waals surface area (Å²) in [5.41, 5.74) is 7.30. The third-order valence-corrected chi connectivity index (χ3v) is 3.17. The number of hydrogen-bond acceptors (Lipinski definition) is 3. The Morgan fingerprint density at radius 1 is 1.00 bits per heavy atom. The zero-order chi connectivity index (χ0) is 13.4. The van der Waals surface area contributed by atoms with Crippen molar-refractivity contribution in [3.05, 3.63) is 23.8 Å². The van der Waals surface area contributed by atoms with Gasteiger partial charge in [0.25, 0.3) is 0 Å². The van der Waals surface area contributed by atoms with Crippen molar-refractivity contribution in [2.45, 2.75) is 45.1 Å². The molecule has 0 saturated carbocycles. The Hall–Kier alpha value is -1.22. The molecule has 0 bridgehead atoms. The predicted molar refractivity (Wildman–Crippen MR) is 75.2 cm³/mol. The van der Waals surface area contributed by atoms with Gasteiger partial charge in [-0.2, -0.15) is 0 Å². The molecule has 0 aliphatic carbocycles. The molecule has 1 rings (SSSR count). The normalized spacial score (nSPS) is 12.2. The average Bonchev–Trinajstić information content (AvgIpc) is 2.42. The minimum Gasteiger partial charge on any atom is -0.497 e. The highest BCUT2D eigenvalue weighted by atomic mass is 16.5. The molecule has 0 amide bonds. The maximum Gasteiger partial charge on any atom is 0.122 e. The second kappa shape index (κ2) is 7.98. The summed E-state index contributed by atoms with van der Waals surface area (Å²) < 4.78 is 10.5. The van der Waals surface area contributed by atoms with E-state index in [0.29, 0.717) is 0 Å². The zero-order valence-electron chi connectivity index (χ0n) is 11.7. The smallest absolute Gasteiger partial charge is 0.122 e. The van der Waals surface area contributed by atoms with Crippen molar-refractivity contribution < 1.29 is 9.47 Å². The predicted octanol–water partition coefficient (Wildman–Crippen LogP) is 3.67. The first-order valence-electron chi connectivity index (χ1n) is 6.69. The second-order valence-electron chi connectivity index (χ2n) is 4.60. The van der Waals surface area contributed by atoms with E-state index in [4.69, 9.17) is 15.2 Å². The molecule has 0 aromatic heterocycles. The van der Waals surface area contributed by atoms with Gasteiger partial charge in [-0.3, -0.25) is 0 Å². The van der Waals surface area contributed by atoms with Crippen molar-refractivity contribution in [2.24, 2.45) is 5.73 Å². The van der Waals surface area contributed by atoms with Crippen LogP contribution in [0, 0.1) is 0 Å². The van der Waals surface area contributed by atoms with Crippen LogP contribution in [0.3, 0.4) is 0 Å². The van der Waals surface area contributed by atoms with E-state index >= 15 is 0 Å². The van der Waals surface area contributed by atoms with Crippen molar-refractivity contribution >= 4 is 0 Å². The molecule has 102 valence electrons. The van der Waals surface area contributed by atoms with Gasteiger partial charge in [0.2, 0.25) is 0 Å². The molecular formula is C15H25NO2. The van der Waals surface area contributed by atoms with Crippen LogP contribution in [0.15, 0.2) is 18.2 Å². The van der Waals surface area contributed by atoms with Gasteiger partial charge in [-0.05, 0) is 24.1 Å². The summed E-state index contributed by atoms with van der Waals surface area (Å²) in [6, 6.07) is 5.92. The molecule has 0 fully saturated rings. The summed E-state index contributed by atoms with van der Waals surface area (Å²) in [7, 11) is 3.32. The standard InChI is InChI=1S/C15H25NO2/c1-4-5-6-7-8-15(16)12-9-13(17-2)11-14(10-12)18-3/h9-11,15H,4-8,16H2,1-3H3. The van der Waals surface area contributed by atoms with Crippen LogP contribution in [-0.2, 0) is 0 Å². The lowest BCUT2D eigenvalue weighted by Crippen LogP contribution is -2.10. The van der Waals surface area contributed by atoms with Gasteiger partial charge in [0.15, 0.2) is 0 Å². The Morgan fingerprint density at radius 3 is 2.11 bits per heavy atom. The summed E-state index contributed by atoms with van der Waals surface area (Å²) in [6.07, 6.45) is 5.98. The number of methoxy groups -OCH3 is 2. The topological polar surface area (TPSA) is 44.5 Å². The van der Waals surface area contributed by atoms with Crippen LogP contribution in [0.2, 0.25) is 0 Å². The molecular weight excluding hydrogens is 226 g/mol. The van der Waals surface area contributed by atoms with Crippen LogP contribution in [0.25, 0.3) is 0 Å². The molecule has 1 aromatic carbocycles. The fourth-order valence-electron chi connectivity index (χ4n) is 2.00. The molecule has 0 aliphatic rings. The molecule has 3 nitrogen and oxygen atoms in total. The quantitative estimate of drug-likeness (QED) is 0.717. The van der Waals surface area contributed by atoms with Crippen molar-refractivity contribution in [1.82, 2.24) is 0 Å². The lowest BCUT2D eigenvalue weighted by atomic mass is 10.0. The molecule has 0 saturated heterocycles. The number of hydrogen-bond donors (Lipinski definition) is 1. The summed E-state index contributed by atoms with van der Waals surface area (Å²) in [6.45, 7) is 2.22. The number of benzene rings is 1. The monoisotopic (exact) mass is 251 g/mol. The molecule has 1 atom stereocenters. The van der Waals surface area contributed by atoms with Crippen molar-refractivity contribution in [3.8, 4) is 11.5 Å². The summed E-state index contributed by atoms with van der Waals surface area (Å²) >= 11 is 0. The number of unbranched alkanes of at least 4 members (excludes halogenated alkanes) is 3. The number of ether oxygens (including phenoxy) is 2. The lowest BCUT2D eigenvalue weighted by molar-refractivity contribution is 0.392. The van der Waals surface area contributed by atoms with E-state index in [0.717, 1.165) is 23.5 Å². The van der Waals surface area contributed by atoms with E-state index in [1.54, 1.807) is 14.2 Å². The molecule has 0 radical (unpaired) electrons. The third kappa shape index (κ3) is 4.57. The number of nitrogens with two attached hydrogens (primary N) is 1. The van der Waals surface area contributed by atoms with Gasteiger partial charge in [-0.25, -0.2) is 0 Å². The van der Waals surface area contributed by atoms with Gasteiger partial charge < -0.3 is 15.2 Å². The van der Waals surface area contributed by atoms with Gasteiger partial charge >= 0.3 is 0 Å². The van der Waals surface area contributed by atoms with Crippen LogP contribution in [0.5, 0.6) is 11.5 Å². The maximum absolute atomic E-state index is 6.21. The maximum atomic E-state index is 6.21. The molecule has 0 aliphatic heterocycles. The van der Waals surface area contributed by atoms with Crippen molar-refractivity contribution in [3.63, 3.8) is 0 Å². The lowest BCUT2D eigenvalue weighted by Gasteiger charge is -2.14. The van der Waals surface area contributed by atoms with Crippen molar-refractivity contribution in [1.29, 1.82) is 0 Å².